The van der Waals surface area contributed by atoms with Crippen LogP contribution in [0.15, 0.2) is 12.1 Å². The zero-order valence-electron chi connectivity index (χ0n) is 8.47. The molecule has 0 aliphatic carbocycles. The molecule has 16 heavy (non-hydrogen) atoms. The molecule has 0 radical (unpaired) electrons. The Morgan fingerprint density at radius 3 is 2.62 bits per heavy atom. The first-order valence-electron chi connectivity index (χ1n) is 4.40. The van der Waals surface area contributed by atoms with Crippen LogP contribution in [0.3, 0.4) is 0 Å². The predicted octanol–water partition coefficient (Wildman–Crippen LogP) is 1.34. The number of carbonyl (C=O) groups excluding carboxylic acids is 1. The van der Waals surface area contributed by atoms with Crippen molar-refractivity contribution >= 4 is 17.9 Å². The number of nitro groups is 1. The van der Waals surface area contributed by atoms with Crippen molar-refractivity contribution in [1.29, 1.82) is 0 Å². The van der Waals surface area contributed by atoms with E-state index < -0.39 is 10.9 Å². The number of nitro benzene ring substituents is 1. The molecule has 0 unspecified atom stereocenters. The van der Waals surface area contributed by atoms with Crippen molar-refractivity contribution in [3.63, 3.8) is 0 Å². The molecule has 1 rings (SSSR count). The number of hydrogen-bond acceptors (Lipinski definition) is 4. The van der Waals surface area contributed by atoms with Gasteiger partial charge in [0.2, 0.25) is 0 Å². The molecular formula is C10H9NO5. The molecule has 0 aliphatic heterocycles. The third-order valence-electron chi connectivity index (χ3n) is 2.05. The molecule has 0 aliphatic rings. The summed E-state index contributed by atoms with van der Waals surface area (Å²) in [6, 6.07) is 2.63. The second-order valence-electron chi connectivity index (χ2n) is 3.30. The molecular weight excluding hydrogens is 214 g/mol. The Morgan fingerprint density at radius 1 is 1.56 bits per heavy atom. The number of carboxylic acid groups (broad SMARTS) is 1. The van der Waals surface area contributed by atoms with Crippen LogP contribution in [0.2, 0.25) is 0 Å². The Balaban J connectivity index is 3.31. The van der Waals surface area contributed by atoms with Gasteiger partial charge in [-0.05, 0) is 24.6 Å². The lowest BCUT2D eigenvalue weighted by atomic mass is 10.0. The van der Waals surface area contributed by atoms with Gasteiger partial charge in [0.15, 0.2) is 6.29 Å². The van der Waals surface area contributed by atoms with Gasteiger partial charge in [0, 0.05) is 5.56 Å². The Labute approximate surface area is 90.7 Å². The lowest BCUT2D eigenvalue weighted by Crippen LogP contribution is -2.04. The van der Waals surface area contributed by atoms with Crippen molar-refractivity contribution in [3.8, 4) is 0 Å². The van der Waals surface area contributed by atoms with Gasteiger partial charge in [-0.15, -0.1) is 0 Å². The largest absolute Gasteiger partial charge is 0.481 e. The zero-order valence-corrected chi connectivity index (χ0v) is 8.47. The van der Waals surface area contributed by atoms with Crippen LogP contribution in [-0.4, -0.2) is 22.3 Å². The molecule has 0 spiro atoms. The number of rotatable bonds is 4. The summed E-state index contributed by atoms with van der Waals surface area (Å²) < 4.78 is 0. The van der Waals surface area contributed by atoms with E-state index in [9.17, 15) is 19.7 Å². The van der Waals surface area contributed by atoms with Crippen LogP contribution in [0, 0.1) is 17.0 Å². The van der Waals surface area contributed by atoms with E-state index in [2.05, 4.69) is 0 Å². The van der Waals surface area contributed by atoms with Crippen LogP contribution in [0.4, 0.5) is 5.69 Å². The lowest BCUT2D eigenvalue weighted by molar-refractivity contribution is -0.385. The molecule has 1 N–H and O–H groups in total. The minimum Gasteiger partial charge on any atom is -0.481 e. The summed E-state index contributed by atoms with van der Waals surface area (Å²) >= 11 is 0. The third kappa shape index (κ3) is 2.41. The van der Waals surface area contributed by atoms with E-state index in [0.717, 1.165) is 0 Å². The van der Waals surface area contributed by atoms with Gasteiger partial charge in [0.05, 0.1) is 16.9 Å². The van der Waals surface area contributed by atoms with E-state index in [-0.39, 0.29) is 23.2 Å². The second-order valence-corrected chi connectivity index (χ2v) is 3.30. The maximum absolute atomic E-state index is 10.7. The number of aldehydes is 1. The standard InChI is InChI=1S/C10H9NO5/c1-6-2-7(4-9(13)14)3-8(5-12)10(6)11(15)16/h2-3,5H,4H2,1H3,(H,13,14). The van der Waals surface area contributed by atoms with Crippen molar-refractivity contribution in [2.75, 3.05) is 0 Å². The summed E-state index contributed by atoms with van der Waals surface area (Å²) in [5, 5.41) is 19.2. The highest BCUT2D eigenvalue weighted by Gasteiger charge is 2.18. The highest BCUT2D eigenvalue weighted by atomic mass is 16.6. The molecule has 0 saturated carbocycles. The normalized spacial score (nSPS) is 9.81. The number of carbonyl (C=O) groups is 2. The molecule has 84 valence electrons. The van der Waals surface area contributed by atoms with Gasteiger partial charge in [-0.3, -0.25) is 19.7 Å². The predicted molar refractivity (Wildman–Crippen MR) is 54.6 cm³/mol. The van der Waals surface area contributed by atoms with Crippen LogP contribution in [0.5, 0.6) is 0 Å². The summed E-state index contributed by atoms with van der Waals surface area (Å²) in [5.74, 6) is -1.05. The van der Waals surface area contributed by atoms with Crippen LogP contribution >= 0.6 is 0 Å². The van der Waals surface area contributed by atoms with Gasteiger partial charge in [-0.1, -0.05) is 0 Å². The monoisotopic (exact) mass is 223 g/mol. The number of aryl methyl sites for hydroxylation is 1. The lowest BCUT2D eigenvalue weighted by Gasteiger charge is -2.03. The fraction of sp³-hybridized carbons (Fsp3) is 0.200. The highest BCUT2D eigenvalue weighted by molar-refractivity contribution is 5.83. The summed E-state index contributed by atoms with van der Waals surface area (Å²) in [7, 11) is 0. The Kier molecular flexibility index (Phi) is 3.34. The second kappa shape index (κ2) is 4.52. The SMILES string of the molecule is Cc1cc(CC(=O)O)cc(C=O)c1[N+](=O)[O-]. The first-order chi connectivity index (χ1) is 7.45. The average Bonchev–Trinajstić information content (AvgIpc) is 2.14. The van der Waals surface area contributed by atoms with Gasteiger partial charge < -0.3 is 5.11 Å². The van der Waals surface area contributed by atoms with Gasteiger partial charge in [-0.2, -0.15) is 0 Å². The van der Waals surface area contributed by atoms with Crippen molar-refractivity contribution in [1.82, 2.24) is 0 Å². The van der Waals surface area contributed by atoms with Crippen LogP contribution in [0.1, 0.15) is 21.5 Å². The number of hydrogen-bond donors (Lipinski definition) is 1. The molecule has 0 aromatic heterocycles. The first-order valence-corrected chi connectivity index (χ1v) is 4.40. The van der Waals surface area contributed by atoms with E-state index in [1.165, 1.54) is 19.1 Å². The average molecular weight is 223 g/mol. The molecule has 0 bridgehead atoms. The molecule has 6 nitrogen and oxygen atoms in total. The summed E-state index contributed by atoms with van der Waals surface area (Å²) in [6.07, 6.45) is 0.0934. The summed E-state index contributed by atoms with van der Waals surface area (Å²) in [4.78, 5) is 31.2. The number of carboxylic acids is 1. The van der Waals surface area contributed by atoms with Gasteiger partial charge in [-0.25, -0.2) is 0 Å². The molecule has 0 fully saturated rings. The Morgan fingerprint density at radius 2 is 2.19 bits per heavy atom. The molecule has 0 saturated heterocycles. The van der Waals surface area contributed by atoms with E-state index >= 15 is 0 Å². The minimum absolute atomic E-state index is 0.0961. The first kappa shape index (κ1) is 11.8. The summed E-state index contributed by atoms with van der Waals surface area (Å²) in [5.41, 5.74) is 0.286. The maximum Gasteiger partial charge on any atom is 0.307 e. The maximum atomic E-state index is 10.7. The van der Waals surface area contributed by atoms with Crippen molar-refractivity contribution in [2.45, 2.75) is 13.3 Å². The van der Waals surface area contributed by atoms with E-state index in [0.29, 0.717) is 11.8 Å². The smallest absolute Gasteiger partial charge is 0.307 e. The molecule has 1 aromatic carbocycles. The Bertz CT molecular complexity index is 467. The van der Waals surface area contributed by atoms with E-state index in [1.54, 1.807) is 0 Å². The number of benzene rings is 1. The molecule has 1 aromatic rings. The Hall–Kier alpha value is -2.24. The minimum atomic E-state index is -1.05. The summed E-state index contributed by atoms with van der Waals surface area (Å²) in [6.45, 7) is 1.47. The molecule has 0 heterocycles. The third-order valence-corrected chi connectivity index (χ3v) is 2.05. The highest BCUT2D eigenvalue weighted by Crippen LogP contribution is 2.24. The number of nitrogens with zero attached hydrogens (tertiary/aromatic N) is 1. The van der Waals surface area contributed by atoms with Crippen molar-refractivity contribution < 1.29 is 19.6 Å². The van der Waals surface area contributed by atoms with Crippen molar-refractivity contribution in [2.24, 2.45) is 0 Å². The molecule has 0 amide bonds. The fourth-order valence-corrected chi connectivity index (χ4v) is 1.50. The van der Waals surface area contributed by atoms with Crippen LogP contribution in [0.25, 0.3) is 0 Å². The van der Waals surface area contributed by atoms with Gasteiger partial charge in [0.1, 0.15) is 0 Å². The van der Waals surface area contributed by atoms with Gasteiger partial charge >= 0.3 is 5.97 Å². The van der Waals surface area contributed by atoms with E-state index in [1.807, 2.05) is 0 Å². The van der Waals surface area contributed by atoms with E-state index in [4.69, 9.17) is 5.11 Å². The number of aliphatic carboxylic acids is 1. The molecule has 6 heteroatoms. The fourth-order valence-electron chi connectivity index (χ4n) is 1.50. The van der Waals surface area contributed by atoms with Crippen LogP contribution < -0.4 is 0 Å². The van der Waals surface area contributed by atoms with Crippen LogP contribution in [-0.2, 0) is 11.2 Å². The van der Waals surface area contributed by atoms with Gasteiger partial charge in [0.25, 0.3) is 5.69 Å². The molecule has 0 atom stereocenters. The quantitative estimate of drug-likeness (QED) is 0.472. The topological polar surface area (TPSA) is 97.5 Å². The van der Waals surface area contributed by atoms with Crippen molar-refractivity contribution in [3.05, 3.63) is 38.9 Å². The zero-order chi connectivity index (χ0) is 12.3.